The van der Waals surface area contributed by atoms with E-state index in [9.17, 15) is 0 Å². The molecule has 0 spiro atoms. The molecule has 21 heavy (non-hydrogen) atoms. The van der Waals surface area contributed by atoms with Gasteiger partial charge >= 0.3 is 0 Å². The molecule has 0 aliphatic carbocycles. The van der Waals surface area contributed by atoms with Crippen molar-refractivity contribution in [3.63, 3.8) is 0 Å². The summed E-state index contributed by atoms with van der Waals surface area (Å²) in [4.78, 5) is 0. The summed E-state index contributed by atoms with van der Waals surface area (Å²) >= 11 is 0. The Bertz CT molecular complexity index is 477. The molecule has 1 heteroatoms. The average Bonchev–Trinajstić information content (AvgIpc) is 2.53. The Balaban J connectivity index is 2.53. The minimum atomic E-state index is 0.0344. The van der Waals surface area contributed by atoms with Crippen molar-refractivity contribution in [2.45, 2.75) is 51.0 Å². The Kier molecular flexibility index (Phi) is 5.58. The third-order valence-electron chi connectivity index (χ3n) is 4.28. The minimum Gasteiger partial charge on any atom is -0.328 e. The van der Waals surface area contributed by atoms with Crippen LogP contribution < -0.4 is 5.73 Å². The molecule has 0 radical (unpaired) electrons. The van der Waals surface area contributed by atoms with Crippen molar-refractivity contribution in [3.8, 4) is 0 Å². The molecule has 0 amide bonds. The molecular formula is C20H27N. The van der Waals surface area contributed by atoms with Gasteiger partial charge in [-0.2, -0.15) is 0 Å². The summed E-state index contributed by atoms with van der Waals surface area (Å²) in [6.07, 6.45) is 4.57. The zero-order valence-corrected chi connectivity index (χ0v) is 13.3. The van der Waals surface area contributed by atoms with E-state index >= 15 is 0 Å². The van der Waals surface area contributed by atoms with Crippen molar-refractivity contribution in [3.05, 3.63) is 71.8 Å². The van der Waals surface area contributed by atoms with Gasteiger partial charge in [0.15, 0.2) is 0 Å². The number of benzene rings is 2. The van der Waals surface area contributed by atoms with Crippen molar-refractivity contribution in [2.24, 2.45) is 5.73 Å². The topological polar surface area (TPSA) is 26.0 Å². The Morgan fingerprint density at radius 2 is 1.38 bits per heavy atom. The fraction of sp³-hybridized carbons (Fsp3) is 0.400. The molecule has 0 saturated carbocycles. The average molecular weight is 281 g/mol. The number of nitrogens with two attached hydrogens (primary N) is 1. The van der Waals surface area contributed by atoms with Crippen LogP contribution in [0, 0.1) is 0 Å². The van der Waals surface area contributed by atoms with E-state index in [1.807, 2.05) is 0 Å². The number of unbranched alkanes of at least 4 members (excludes halogenated alkanes) is 1. The van der Waals surface area contributed by atoms with Gasteiger partial charge in [0, 0.05) is 11.5 Å². The van der Waals surface area contributed by atoms with E-state index in [1.165, 1.54) is 24.0 Å². The van der Waals surface area contributed by atoms with Gasteiger partial charge in [0.05, 0.1) is 0 Å². The van der Waals surface area contributed by atoms with Crippen LogP contribution in [0.1, 0.15) is 50.7 Å². The van der Waals surface area contributed by atoms with E-state index in [0.717, 1.165) is 12.8 Å². The van der Waals surface area contributed by atoms with Crippen LogP contribution in [-0.2, 0) is 5.41 Å². The number of hydrogen-bond donors (Lipinski definition) is 1. The summed E-state index contributed by atoms with van der Waals surface area (Å²) in [6, 6.07) is 21.9. The summed E-state index contributed by atoms with van der Waals surface area (Å²) in [5.74, 6) is 0. The van der Waals surface area contributed by atoms with E-state index in [0.29, 0.717) is 0 Å². The third-order valence-corrected chi connectivity index (χ3v) is 4.28. The van der Waals surface area contributed by atoms with Crippen LogP contribution in [0.25, 0.3) is 0 Å². The Labute approximate surface area is 129 Å². The molecule has 1 atom stereocenters. The highest BCUT2D eigenvalue weighted by atomic mass is 14.6. The first kappa shape index (κ1) is 15.8. The quantitative estimate of drug-likeness (QED) is 0.767. The Hall–Kier alpha value is -1.60. The summed E-state index contributed by atoms with van der Waals surface area (Å²) in [7, 11) is 0. The van der Waals surface area contributed by atoms with Crippen LogP contribution in [0.2, 0.25) is 0 Å². The summed E-state index contributed by atoms with van der Waals surface area (Å²) in [6.45, 7) is 4.37. The maximum Gasteiger partial charge on any atom is 0.0217 e. The van der Waals surface area contributed by atoms with Crippen LogP contribution in [-0.4, -0.2) is 6.04 Å². The largest absolute Gasteiger partial charge is 0.328 e. The van der Waals surface area contributed by atoms with Gasteiger partial charge in [-0.15, -0.1) is 0 Å². The minimum absolute atomic E-state index is 0.0344. The van der Waals surface area contributed by atoms with Crippen LogP contribution in [0.5, 0.6) is 0 Å². The van der Waals surface area contributed by atoms with Gasteiger partial charge in [0.2, 0.25) is 0 Å². The van der Waals surface area contributed by atoms with E-state index in [4.69, 9.17) is 5.73 Å². The van der Waals surface area contributed by atoms with Gasteiger partial charge in [0.25, 0.3) is 0 Å². The molecule has 0 aliphatic rings. The number of rotatable bonds is 7. The molecule has 112 valence electrons. The first-order valence-electron chi connectivity index (χ1n) is 8.05. The molecule has 0 bridgehead atoms. The van der Waals surface area contributed by atoms with Crippen molar-refractivity contribution >= 4 is 0 Å². The normalized spacial score (nSPS) is 13.1. The highest BCUT2D eigenvalue weighted by Crippen LogP contribution is 2.41. The molecule has 0 heterocycles. The van der Waals surface area contributed by atoms with Gasteiger partial charge < -0.3 is 5.73 Å². The first-order valence-corrected chi connectivity index (χ1v) is 8.05. The lowest BCUT2D eigenvalue weighted by Gasteiger charge is -2.37. The highest BCUT2D eigenvalue weighted by Gasteiger charge is 2.34. The van der Waals surface area contributed by atoms with Crippen LogP contribution in [0.4, 0.5) is 0 Å². The second kappa shape index (κ2) is 7.42. The van der Waals surface area contributed by atoms with Gasteiger partial charge in [-0.1, -0.05) is 80.4 Å². The second-order valence-electron chi connectivity index (χ2n) is 6.10. The lowest BCUT2D eigenvalue weighted by Crippen LogP contribution is -2.35. The SMILES string of the molecule is CCCCC(CC(C)N)(c1ccccc1)c1ccccc1. The molecule has 0 saturated heterocycles. The van der Waals surface area contributed by atoms with Crippen molar-refractivity contribution in [1.82, 2.24) is 0 Å². The number of hydrogen-bond acceptors (Lipinski definition) is 1. The van der Waals surface area contributed by atoms with Crippen molar-refractivity contribution in [2.75, 3.05) is 0 Å². The predicted octanol–water partition coefficient (Wildman–Crippen LogP) is 4.90. The third kappa shape index (κ3) is 3.74. The molecule has 2 rings (SSSR count). The molecule has 0 aromatic heterocycles. The maximum atomic E-state index is 6.22. The van der Waals surface area contributed by atoms with Gasteiger partial charge in [-0.25, -0.2) is 0 Å². The molecule has 0 fully saturated rings. The first-order chi connectivity index (χ1) is 10.2. The molecule has 1 unspecified atom stereocenters. The zero-order chi connectivity index (χ0) is 15.1. The Morgan fingerprint density at radius 3 is 1.76 bits per heavy atom. The highest BCUT2D eigenvalue weighted by molar-refractivity contribution is 5.39. The van der Waals surface area contributed by atoms with E-state index in [1.54, 1.807) is 0 Å². The van der Waals surface area contributed by atoms with Crippen molar-refractivity contribution in [1.29, 1.82) is 0 Å². The summed E-state index contributed by atoms with van der Waals surface area (Å²) < 4.78 is 0. The lowest BCUT2D eigenvalue weighted by molar-refractivity contribution is 0.391. The lowest BCUT2D eigenvalue weighted by atomic mass is 9.67. The van der Waals surface area contributed by atoms with E-state index in [2.05, 4.69) is 74.5 Å². The fourth-order valence-corrected chi connectivity index (χ4v) is 3.34. The standard InChI is InChI=1S/C20H27N/c1-3-4-15-20(16-17(2)21,18-11-7-5-8-12-18)19-13-9-6-10-14-19/h5-14,17H,3-4,15-16,21H2,1-2H3. The van der Waals surface area contributed by atoms with Crippen LogP contribution in [0.15, 0.2) is 60.7 Å². The van der Waals surface area contributed by atoms with E-state index < -0.39 is 0 Å². The van der Waals surface area contributed by atoms with Crippen molar-refractivity contribution < 1.29 is 0 Å². The van der Waals surface area contributed by atoms with Crippen LogP contribution >= 0.6 is 0 Å². The molecule has 1 nitrogen and oxygen atoms in total. The fourth-order valence-electron chi connectivity index (χ4n) is 3.34. The maximum absolute atomic E-state index is 6.22. The molecule has 2 aromatic carbocycles. The smallest absolute Gasteiger partial charge is 0.0217 e. The molecular weight excluding hydrogens is 254 g/mol. The molecule has 2 N–H and O–H groups in total. The summed E-state index contributed by atoms with van der Waals surface area (Å²) in [5, 5.41) is 0. The second-order valence-corrected chi connectivity index (χ2v) is 6.10. The zero-order valence-electron chi connectivity index (χ0n) is 13.3. The summed E-state index contributed by atoms with van der Waals surface area (Å²) in [5.41, 5.74) is 9.04. The Morgan fingerprint density at radius 1 is 0.905 bits per heavy atom. The van der Waals surface area contributed by atoms with E-state index in [-0.39, 0.29) is 11.5 Å². The molecule has 2 aromatic rings. The monoisotopic (exact) mass is 281 g/mol. The van der Waals surface area contributed by atoms with Gasteiger partial charge in [-0.05, 0) is 30.9 Å². The van der Waals surface area contributed by atoms with Crippen LogP contribution in [0.3, 0.4) is 0 Å². The predicted molar refractivity (Wildman–Crippen MR) is 91.5 cm³/mol. The van der Waals surface area contributed by atoms with Gasteiger partial charge in [0.1, 0.15) is 0 Å². The molecule has 0 aliphatic heterocycles. The van der Waals surface area contributed by atoms with Gasteiger partial charge in [-0.3, -0.25) is 0 Å².